The Morgan fingerprint density at radius 2 is 1.75 bits per heavy atom. The fourth-order valence-corrected chi connectivity index (χ4v) is 2.13. The van der Waals surface area contributed by atoms with E-state index in [0.717, 1.165) is 19.3 Å². The maximum absolute atomic E-state index is 10.1. The summed E-state index contributed by atoms with van der Waals surface area (Å²) in [6, 6.07) is 4.46. The Bertz CT molecular complexity index is 331. The van der Waals surface area contributed by atoms with Crippen LogP contribution in [0.15, 0.2) is 12.1 Å². The molecule has 0 N–H and O–H groups in total. The Morgan fingerprint density at radius 3 is 2.19 bits per heavy atom. The van der Waals surface area contributed by atoms with Crippen molar-refractivity contribution < 1.29 is 9.53 Å². The standard InChI is InChI=1S/C14H20O2/c1-4-12-8-11(3)9-13(5-2)14(12)6-7-16-10-15/h8-10H,4-7H2,1-3H3. The molecule has 0 aliphatic carbocycles. The summed E-state index contributed by atoms with van der Waals surface area (Å²) in [5.41, 5.74) is 5.43. The van der Waals surface area contributed by atoms with Gasteiger partial charge < -0.3 is 4.74 Å². The molecule has 2 heteroatoms. The normalized spacial score (nSPS) is 10.2. The third-order valence-corrected chi connectivity index (χ3v) is 2.88. The van der Waals surface area contributed by atoms with Crippen molar-refractivity contribution in [2.75, 3.05) is 6.61 Å². The van der Waals surface area contributed by atoms with E-state index in [1.54, 1.807) is 0 Å². The van der Waals surface area contributed by atoms with E-state index in [2.05, 4.69) is 32.9 Å². The minimum Gasteiger partial charge on any atom is -0.468 e. The highest BCUT2D eigenvalue weighted by molar-refractivity contribution is 5.40. The predicted molar refractivity (Wildman–Crippen MR) is 65.7 cm³/mol. The minimum atomic E-state index is 0.479. The van der Waals surface area contributed by atoms with Crippen LogP contribution in [0, 0.1) is 6.92 Å². The third-order valence-electron chi connectivity index (χ3n) is 2.88. The molecule has 0 aromatic heterocycles. The second kappa shape index (κ2) is 6.31. The number of aryl methyl sites for hydroxylation is 3. The Labute approximate surface area is 97.6 Å². The summed E-state index contributed by atoms with van der Waals surface area (Å²) in [6.07, 6.45) is 2.89. The highest BCUT2D eigenvalue weighted by atomic mass is 16.5. The van der Waals surface area contributed by atoms with Crippen LogP contribution in [0.2, 0.25) is 0 Å². The van der Waals surface area contributed by atoms with Gasteiger partial charge in [-0.1, -0.05) is 31.5 Å². The molecule has 2 nitrogen and oxygen atoms in total. The van der Waals surface area contributed by atoms with Gasteiger partial charge in [-0.25, -0.2) is 0 Å². The second-order valence-electron chi connectivity index (χ2n) is 3.99. The Balaban J connectivity index is 2.97. The summed E-state index contributed by atoms with van der Waals surface area (Å²) in [5, 5.41) is 0. The number of rotatable bonds is 6. The lowest BCUT2D eigenvalue weighted by atomic mass is 9.93. The van der Waals surface area contributed by atoms with Gasteiger partial charge in [-0.2, -0.15) is 0 Å². The number of carbonyl (C=O) groups excluding carboxylic acids is 1. The van der Waals surface area contributed by atoms with Crippen molar-refractivity contribution in [2.24, 2.45) is 0 Å². The molecule has 1 rings (SSSR count). The van der Waals surface area contributed by atoms with Crippen LogP contribution < -0.4 is 0 Å². The summed E-state index contributed by atoms with van der Waals surface area (Å²) in [5.74, 6) is 0. The number of ether oxygens (including phenoxy) is 1. The lowest BCUT2D eigenvalue weighted by Gasteiger charge is -2.14. The molecule has 0 atom stereocenters. The first-order valence-electron chi connectivity index (χ1n) is 5.89. The fourth-order valence-electron chi connectivity index (χ4n) is 2.13. The molecule has 0 bridgehead atoms. The zero-order chi connectivity index (χ0) is 12.0. The molecule has 0 saturated carbocycles. The molecular formula is C14H20O2. The Hall–Kier alpha value is -1.31. The maximum atomic E-state index is 10.1. The second-order valence-corrected chi connectivity index (χ2v) is 3.99. The molecule has 88 valence electrons. The molecule has 0 spiro atoms. The number of benzene rings is 1. The van der Waals surface area contributed by atoms with E-state index >= 15 is 0 Å². The van der Waals surface area contributed by atoms with Crippen molar-refractivity contribution in [3.8, 4) is 0 Å². The molecule has 1 aromatic rings. The van der Waals surface area contributed by atoms with Crippen LogP contribution in [-0.2, 0) is 28.8 Å². The monoisotopic (exact) mass is 220 g/mol. The predicted octanol–water partition coefficient (Wildman–Crippen LogP) is 2.84. The van der Waals surface area contributed by atoms with Gasteiger partial charge in [0.2, 0.25) is 0 Å². The Kier molecular flexibility index (Phi) is 5.03. The van der Waals surface area contributed by atoms with Gasteiger partial charge in [0.25, 0.3) is 6.47 Å². The maximum Gasteiger partial charge on any atom is 0.293 e. The lowest BCUT2D eigenvalue weighted by Crippen LogP contribution is -2.05. The third kappa shape index (κ3) is 3.09. The average molecular weight is 220 g/mol. The van der Waals surface area contributed by atoms with Gasteiger partial charge in [0.1, 0.15) is 0 Å². The summed E-state index contributed by atoms with van der Waals surface area (Å²) >= 11 is 0. The van der Waals surface area contributed by atoms with Gasteiger partial charge in [-0.15, -0.1) is 0 Å². The first-order chi connectivity index (χ1) is 7.72. The van der Waals surface area contributed by atoms with Crippen molar-refractivity contribution in [2.45, 2.75) is 40.0 Å². The number of carbonyl (C=O) groups is 1. The van der Waals surface area contributed by atoms with Crippen LogP contribution in [0.25, 0.3) is 0 Å². The molecule has 0 amide bonds. The van der Waals surface area contributed by atoms with E-state index in [0.29, 0.717) is 13.1 Å². The highest BCUT2D eigenvalue weighted by Gasteiger charge is 2.07. The van der Waals surface area contributed by atoms with Crippen LogP contribution in [0.4, 0.5) is 0 Å². The molecule has 0 radical (unpaired) electrons. The van der Waals surface area contributed by atoms with Crippen molar-refractivity contribution >= 4 is 6.47 Å². The van der Waals surface area contributed by atoms with E-state index in [4.69, 9.17) is 4.74 Å². The smallest absolute Gasteiger partial charge is 0.293 e. The molecule has 0 saturated heterocycles. The zero-order valence-corrected chi connectivity index (χ0v) is 10.4. The molecule has 0 heterocycles. The molecule has 0 unspecified atom stereocenters. The molecule has 0 fully saturated rings. The first kappa shape index (κ1) is 12.8. The Morgan fingerprint density at radius 1 is 1.19 bits per heavy atom. The lowest BCUT2D eigenvalue weighted by molar-refractivity contribution is -0.128. The number of hydrogen-bond acceptors (Lipinski definition) is 2. The SMILES string of the molecule is CCc1cc(C)cc(CC)c1CCOC=O. The minimum absolute atomic E-state index is 0.479. The van der Waals surface area contributed by atoms with Gasteiger partial charge in [-0.05, 0) is 36.5 Å². The molecule has 1 aromatic carbocycles. The van der Waals surface area contributed by atoms with Crippen LogP contribution >= 0.6 is 0 Å². The average Bonchev–Trinajstić information content (AvgIpc) is 2.30. The highest BCUT2D eigenvalue weighted by Crippen LogP contribution is 2.19. The summed E-state index contributed by atoms with van der Waals surface area (Å²) in [4.78, 5) is 10.1. The van der Waals surface area contributed by atoms with Crippen LogP contribution in [0.5, 0.6) is 0 Å². The first-order valence-corrected chi connectivity index (χ1v) is 5.89. The van der Waals surface area contributed by atoms with Gasteiger partial charge >= 0.3 is 0 Å². The van der Waals surface area contributed by atoms with Crippen LogP contribution in [-0.4, -0.2) is 13.1 Å². The van der Waals surface area contributed by atoms with Crippen molar-refractivity contribution in [1.82, 2.24) is 0 Å². The van der Waals surface area contributed by atoms with E-state index in [-0.39, 0.29) is 0 Å². The molecule has 0 aliphatic heterocycles. The van der Waals surface area contributed by atoms with Crippen molar-refractivity contribution in [1.29, 1.82) is 0 Å². The van der Waals surface area contributed by atoms with Crippen molar-refractivity contribution in [3.05, 3.63) is 34.4 Å². The van der Waals surface area contributed by atoms with Crippen molar-refractivity contribution in [3.63, 3.8) is 0 Å². The van der Waals surface area contributed by atoms with E-state index in [1.807, 2.05) is 0 Å². The summed E-state index contributed by atoms with van der Waals surface area (Å²) < 4.78 is 4.79. The fraction of sp³-hybridized carbons (Fsp3) is 0.500. The van der Waals surface area contributed by atoms with E-state index < -0.39 is 0 Å². The number of hydrogen-bond donors (Lipinski definition) is 0. The van der Waals surface area contributed by atoms with Crippen LogP contribution in [0.1, 0.15) is 36.1 Å². The molecule has 0 aliphatic rings. The summed E-state index contributed by atoms with van der Waals surface area (Å²) in [6.45, 7) is 7.46. The molecule has 16 heavy (non-hydrogen) atoms. The largest absolute Gasteiger partial charge is 0.468 e. The van der Waals surface area contributed by atoms with Gasteiger partial charge in [-0.3, -0.25) is 4.79 Å². The summed E-state index contributed by atoms with van der Waals surface area (Å²) in [7, 11) is 0. The topological polar surface area (TPSA) is 26.3 Å². The molecular weight excluding hydrogens is 200 g/mol. The van der Waals surface area contributed by atoms with Crippen LogP contribution in [0.3, 0.4) is 0 Å². The van der Waals surface area contributed by atoms with E-state index in [1.165, 1.54) is 22.3 Å². The van der Waals surface area contributed by atoms with Gasteiger partial charge in [0.05, 0.1) is 6.61 Å². The van der Waals surface area contributed by atoms with Gasteiger partial charge in [0.15, 0.2) is 0 Å². The van der Waals surface area contributed by atoms with Gasteiger partial charge in [0, 0.05) is 6.42 Å². The quantitative estimate of drug-likeness (QED) is 0.544. The van der Waals surface area contributed by atoms with E-state index in [9.17, 15) is 4.79 Å². The zero-order valence-electron chi connectivity index (χ0n) is 10.4.